The van der Waals surface area contributed by atoms with Crippen molar-refractivity contribution in [1.29, 1.82) is 0 Å². The van der Waals surface area contributed by atoms with Gasteiger partial charge in [0.05, 0.1) is 6.54 Å². The van der Waals surface area contributed by atoms with Gasteiger partial charge in [-0.2, -0.15) is 0 Å². The fraction of sp³-hybridized carbons (Fsp3) is 0.429. The van der Waals surface area contributed by atoms with Gasteiger partial charge in [-0.15, -0.1) is 0 Å². The van der Waals surface area contributed by atoms with E-state index in [1.807, 2.05) is 18.2 Å². The molecule has 0 aliphatic carbocycles. The van der Waals surface area contributed by atoms with E-state index in [2.05, 4.69) is 17.4 Å². The number of aliphatic carboxylic acids is 1. The number of carbonyl (C=O) groups is 2. The number of piperazine rings is 1. The zero-order valence-corrected chi connectivity index (χ0v) is 10.7. The maximum Gasteiger partial charge on any atom is 0.322 e. The molecule has 1 saturated heterocycles. The normalized spacial score (nSPS) is 20.0. The minimum absolute atomic E-state index is 0.0998. The fourth-order valence-corrected chi connectivity index (χ4v) is 2.30. The molecule has 19 heavy (non-hydrogen) atoms. The van der Waals surface area contributed by atoms with E-state index in [0.29, 0.717) is 6.54 Å². The lowest BCUT2D eigenvalue weighted by molar-refractivity contribution is -0.145. The predicted molar refractivity (Wildman–Crippen MR) is 70.8 cm³/mol. The summed E-state index contributed by atoms with van der Waals surface area (Å²) in [5.74, 6) is -0.975. The molecule has 1 aliphatic heterocycles. The minimum Gasteiger partial charge on any atom is -0.480 e. The maximum absolute atomic E-state index is 11.3. The highest BCUT2D eigenvalue weighted by Crippen LogP contribution is 2.08. The largest absolute Gasteiger partial charge is 0.480 e. The Hall–Kier alpha value is -1.88. The summed E-state index contributed by atoms with van der Waals surface area (Å²) in [5.41, 5.74) is 1.23. The molecule has 0 spiro atoms. The first kappa shape index (κ1) is 13.5. The third kappa shape index (κ3) is 3.79. The standard InChI is InChI=1S/C14H18N2O3/c17-13-10-16(12(9-15-13)14(18)19)8-4-7-11-5-2-1-3-6-11/h1-3,5-6,12H,4,7-10H2,(H,15,17)(H,18,19). The smallest absolute Gasteiger partial charge is 0.322 e. The number of rotatable bonds is 5. The van der Waals surface area contributed by atoms with Gasteiger partial charge in [0.1, 0.15) is 6.04 Å². The van der Waals surface area contributed by atoms with Gasteiger partial charge in [0.25, 0.3) is 0 Å². The van der Waals surface area contributed by atoms with Crippen LogP contribution in [0, 0.1) is 0 Å². The van der Waals surface area contributed by atoms with Crippen molar-refractivity contribution in [1.82, 2.24) is 10.2 Å². The highest BCUT2D eigenvalue weighted by molar-refractivity contribution is 5.83. The lowest BCUT2D eigenvalue weighted by Crippen LogP contribution is -2.57. The second-order valence-electron chi connectivity index (χ2n) is 4.72. The van der Waals surface area contributed by atoms with Crippen LogP contribution in [0.25, 0.3) is 0 Å². The van der Waals surface area contributed by atoms with Crippen molar-refractivity contribution in [3.05, 3.63) is 35.9 Å². The molecule has 1 atom stereocenters. The van der Waals surface area contributed by atoms with E-state index >= 15 is 0 Å². The van der Waals surface area contributed by atoms with Crippen molar-refractivity contribution < 1.29 is 14.7 Å². The van der Waals surface area contributed by atoms with Crippen LogP contribution in [0.5, 0.6) is 0 Å². The molecule has 1 aliphatic rings. The van der Waals surface area contributed by atoms with Gasteiger partial charge in [-0.1, -0.05) is 30.3 Å². The van der Waals surface area contributed by atoms with Crippen LogP contribution in [0.2, 0.25) is 0 Å². The summed E-state index contributed by atoms with van der Waals surface area (Å²) in [5, 5.41) is 11.7. The summed E-state index contributed by atoms with van der Waals surface area (Å²) in [6.45, 7) is 0.991. The molecule has 1 heterocycles. The van der Waals surface area contributed by atoms with E-state index in [-0.39, 0.29) is 19.0 Å². The molecule has 0 bridgehead atoms. The monoisotopic (exact) mass is 262 g/mol. The third-order valence-corrected chi connectivity index (χ3v) is 3.32. The van der Waals surface area contributed by atoms with Gasteiger partial charge in [-0.3, -0.25) is 14.5 Å². The van der Waals surface area contributed by atoms with Gasteiger partial charge < -0.3 is 10.4 Å². The van der Waals surface area contributed by atoms with Crippen molar-refractivity contribution >= 4 is 11.9 Å². The van der Waals surface area contributed by atoms with E-state index in [9.17, 15) is 9.59 Å². The highest BCUT2D eigenvalue weighted by Gasteiger charge is 2.31. The Morgan fingerprint density at radius 3 is 2.79 bits per heavy atom. The minimum atomic E-state index is -0.875. The SMILES string of the molecule is O=C1CN(CCCc2ccccc2)C(C(=O)O)CN1. The molecule has 102 valence electrons. The van der Waals surface area contributed by atoms with Gasteiger partial charge in [0.15, 0.2) is 0 Å². The van der Waals surface area contributed by atoms with Gasteiger partial charge in [0, 0.05) is 6.54 Å². The van der Waals surface area contributed by atoms with Gasteiger partial charge >= 0.3 is 5.97 Å². The Kier molecular flexibility index (Phi) is 4.52. The molecular weight excluding hydrogens is 244 g/mol. The van der Waals surface area contributed by atoms with Crippen molar-refractivity contribution in [3.63, 3.8) is 0 Å². The van der Waals surface area contributed by atoms with E-state index in [1.165, 1.54) is 5.56 Å². The molecule has 0 radical (unpaired) electrons. The Labute approximate surface area is 112 Å². The van der Waals surface area contributed by atoms with Crippen LogP contribution in [-0.2, 0) is 16.0 Å². The average molecular weight is 262 g/mol. The molecule has 0 aromatic heterocycles. The average Bonchev–Trinajstić information content (AvgIpc) is 2.39. The Morgan fingerprint density at radius 1 is 1.37 bits per heavy atom. The third-order valence-electron chi connectivity index (χ3n) is 3.32. The van der Waals surface area contributed by atoms with Crippen LogP contribution in [0.15, 0.2) is 30.3 Å². The van der Waals surface area contributed by atoms with E-state index in [0.717, 1.165) is 12.8 Å². The number of nitrogens with zero attached hydrogens (tertiary/aromatic N) is 1. The van der Waals surface area contributed by atoms with Crippen LogP contribution in [0.1, 0.15) is 12.0 Å². The van der Waals surface area contributed by atoms with E-state index < -0.39 is 12.0 Å². The molecule has 5 heteroatoms. The molecule has 1 aromatic carbocycles. The first-order chi connectivity index (χ1) is 9.16. The molecule has 1 unspecified atom stereocenters. The summed E-state index contributed by atoms with van der Waals surface area (Å²) in [6, 6.07) is 9.45. The van der Waals surface area contributed by atoms with Crippen LogP contribution in [0.4, 0.5) is 0 Å². The zero-order chi connectivity index (χ0) is 13.7. The molecular formula is C14H18N2O3. The number of carbonyl (C=O) groups excluding carboxylic acids is 1. The number of amides is 1. The quantitative estimate of drug-likeness (QED) is 0.811. The van der Waals surface area contributed by atoms with Crippen molar-refractivity contribution in [3.8, 4) is 0 Å². The maximum atomic E-state index is 11.3. The molecule has 2 rings (SSSR count). The Bertz CT molecular complexity index is 447. The zero-order valence-electron chi connectivity index (χ0n) is 10.7. The molecule has 1 aromatic rings. The first-order valence-electron chi connectivity index (χ1n) is 6.44. The number of nitrogens with one attached hydrogen (secondary N) is 1. The molecule has 1 fully saturated rings. The second kappa shape index (κ2) is 6.33. The van der Waals surface area contributed by atoms with Crippen molar-refractivity contribution in [2.24, 2.45) is 0 Å². The number of benzene rings is 1. The summed E-state index contributed by atoms with van der Waals surface area (Å²) < 4.78 is 0. The van der Waals surface area contributed by atoms with Gasteiger partial charge in [-0.05, 0) is 24.9 Å². The summed E-state index contributed by atoms with van der Waals surface area (Å²) in [7, 11) is 0. The molecule has 5 nitrogen and oxygen atoms in total. The van der Waals surface area contributed by atoms with Crippen LogP contribution in [0.3, 0.4) is 0 Å². The van der Waals surface area contributed by atoms with Gasteiger partial charge in [-0.25, -0.2) is 0 Å². The number of hydrogen-bond donors (Lipinski definition) is 2. The summed E-state index contributed by atoms with van der Waals surface area (Å²) in [4.78, 5) is 24.2. The Balaban J connectivity index is 1.85. The highest BCUT2D eigenvalue weighted by atomic mass is 16.4. The van der Waals surface area contributed by atoms with Gasteiger partial charge in [0.2, 0.25) is 5.91 Å². The number of carboxylic acid groups (broad SMARTS) is 1. The van der Waals surface area contributed by atoms with Crippen molar-refractivity contribution in [2.75, 3.05) is 19.6 Å². The lowest BCUT2D eigenvalue weighted by Gasteiger charge is -2.32. The van der Waals surface area contributed by atoms with E-state index in [4.69, 9.17) is 5.11 Å². The topological polar surface area (TPSA) is 69.6 Å². The number of aryl methyl sites for hydroxylation is 1. The summed E-state index contributed by atoms with van der Waals surface area (Å²) in [6.07, 6.45) is 1.74. The number of carboxylic acids is 1. The van der Waals surface area contributed by atoms with Crippen LogP contribution in [-0.4, -0.2) is 47.6 Å². The molecule has 0 saturated carbocycles. The second-order valence-corrected chi connectivity index (χ2v) is 4.72. The summed E-state index contributed by atoms with van der Waals surface area (Å²) >= 11 is 0. The van der Waals surface area contributed by atoms with Crippen molar-refractivity contribution in [2.45, 2.75) is 18.9 Å². The fourth-order valence-electron chi connectivity index (χ4n) is 2.30. The predicted octanol–water partition coefficient (Wildman–Crippen LogP) is 0.504. The molecule has 1 amide bonds. The Morgan fingerprint density at radius 2 is 2.11 bits per heavy atom. The molecule has 2 N–H and O–H groups in total. The van der Waals surface area contributed by atoms with Crippen LogP contribution < -0.4 is 5.32 Å². The lowest BCUT2D eigenvalue weighted by atomic mass is 10.1. The van der Waals surface area contributed by atoms with Crippen LogP contribution >= 0.6 is 0 Å². The number of hydrogen-bond acceptors (Lipinski definition) is 3. The first-order valence-corrected chi connectivity index (χ1v) is 6.44. The van der Waals surface area contributed by atoms with E-state index in [1.54, 1.807) is 4.90 Å².